The number of nitrogens with zero attached hydrogens (tertiary/aromatic N) is 3. The number of methoxy groups -OCH3 is 1. The standard InChI is InChI=1S/C20H19N3O3S/c1-26-19-8-7-14(12-18(19)23(24)25)17-13-27-20(21-17)15-5-4-6-16(11-15)22-9-2-3-10-22/h4-8,11-13H,2-3,9-10H2,1H3. The Morgan fingerprint density at radius 2 is 1.96 bits per heavy atom. The number of hydrogen-bond acceptors (Lipinski definition) is 6. The lowest BCUT2D eigenvalue weighted by Crippen LogP contribution is -2.17. The molecule has 0 atom stereocenters. The molecule has 0 N–H and O–H groups in total. The summed E-state index contributed by atoms with van der Waals surface area (Å²) in [5, 5.41) is 14.1. The molecule has 1 fully saturated rings. The summed E-state index contributed by atoms with van der Waals surface area (Å²) in [5.74, 6) is 0.248. The van der Waals surface area contributed by atoms with Gasteiger partial charge in [0.25, 0.3) is 0 Å². The Hall–Kier alpha value is -2.93. The van der Waals surface area contributed by atoms with Gasteiger partial charge in [-0.3, -0.25) is 10.1 Å². The Kier molecular flexibility index (Phi) is 4.77. The Bertz CT molecular complexity index is 980. The molecule has 2 aromatic carbocycles. The minimum atomic E-state index is -0.435. The predicted molar refractivity (Wildman–Crippen MR) is 108 cm³/mol. The molecule has 0 spiro atoms. The first-order chi connectivity index (χ1) is 13.2. The number of aromatic nitrogens is 1. The third kappa shape index (κ3) is 3.50. The topological polar surface area (TPSA) is 68.5 Å². The number of hydrogen-bond donors (Lipinski definition) is 0. The fourth-order valence-electron chi connectivity index (χ4n) is 3.34. The van der Waals surface area contributed by atoms with E-state index in [0.29, 0.717) is 5.56 Å². The van der Waals surface area contributed by atoms with Gasteiger partial charge in [-0.05, 0) is 37.1 Å². The second-order valence-electron chi connectivity index (χ2n) is 6.43. The summed E-state index contributed by atoms with van der Waals surface area (Å²) in [6.45, 7) is 2.20. The van der Waals surface area contributed by atoms with Crippen molar-refractivity contribution in [2.75, 3.05) is 25.1 Å². The van der Waals surface area contributed by atoms with Crippen LogP contribution in [-0.2, 0) is 0 Å². The lowest BCUT2D eigenvalue weighted by Gasteiger charge is -2.17. The number of nitro groups is 1. The average Bonchev–Trinajstić information content (AvgIpc) is 3.39. The van der Waals surface area contributed by atoms with Crippen LogP contribution in [0.5, 0.6) is 5.75 Å². The van der Waals surface area contributed by atoms with Crippen molar-refractivity contribution in [3.63, 3.8) is 0 Å². The van der Waals surface area contributed by atoms with Gasteiger partial charge in [-0.1, -0.05) is 12.1 Å². The summed E-state index contributed by atoms with van der Waals surface area (Å²) in [6.07, 6.45) is 2.48. The van der Waals surface area contributed by atoms with Crippen LogP contribution in [0.1, 0.15) is 12.8 Å². The molecule has 0 aliphatic carbocycles. The van der Waals surface area contributed by atoms with Crippen molar-refractivity contribution < 1.29 is 9.66 Å². The van der Waals surface area contributed by atoms with Crippen LogP contribution in [0.15, 0.2) is 47.8 Å². The Labute approximate surface area is 161 Å². The van der Waals surface area contributed by atoms with Gasteiger partial charge in [-0.2, -0.15) is 0 Å². The van der Waals surface area contributed by atoms with Gasteiger partial charge in [0.1, 0.15) is 5.01 Å². The second-order valence-corrected chi connectivity index (χ2v) is 7.28. The van der Waals surface area contributed by atoms with Crippen LogP contribution < -0.4 is 9.64 Å². The number of benzene rings is 2. The van der Waals surface area contributed by atoms with Gasteiger partial charge in [0.05, 0.1) is 17.7 Å². The highest BCUT2D eigenvalue weighted by molar-refractivity contribution is 7.13. The van der Waals surface area contributed by atoms with Crippen molar-refractivity contribution in [2.45, 2.75) is 12.8 Å². The largest absolute Gasteiger partial charge is 0.490 e. The van der Waals surface area contributed by atoms with E-state index in [0.717, 1.165) is 29.4 Å². The Morgan fingerprint density at radius 3 is 2.70 bits per heavy atom. The van der Waals surface area contributed by atoms with Crippen LogP contribution in [0.4, 0.5) is 11.4 Å². The first-order valence-electron chi connectivity index (χ1n) is 8.79. The highest BCUT2D eigenvalue weighted by Crippen LogP contribution is 2.35. The minimum Gasteiger partial charge on any atom is -0.490 e. The number of rotatable bonds is 5. The van der Waals surface area contributed by atoms with Crippen molar-refractivity contribution in [1.29, 1.82) is 0 Å². The van der Waals surface area contributed by atoms with Crippen LogP contribution >= 0.6 is 11.3 Å². The lowest BCUT2D eigenvalue weighted by molar-refractivity contribution is -0.385. The average molecular weight is 381 g/mol. The van der Waals surface area contributed by atoms with Crippen molar-refractivity contribution in [1.82, 2.24) is 4.98 Å². The molecule has 3 aromatic rings. The van der Waals surface area contributed by atoms with Gasteiger partial charge in [-0.15, -0.1) is 11.3 Å². The molecular weight excluding hydrogens is 362 g/mol. The summed E-state index contributed by atoms with van der Waals surface area (Å²) in [5.41, 5.74) is 3.68. The van der Waals surface area contributed by atoms with Crippen molar-refractivity contribution in [2.24, 2.45) is 0 Å². The molecule has 0 amide bonds. The Morgan fingerprint density at radius 1 is 1.15 bits per heavy atom. The zero-order valence-electron chi connectivity index (χ0n) is 14.9. The zero-order valence-corrected chi connectivity index (χ0v) is 15.7. The summed E-state index contributed by atoms with van der Waals surface area (Å²) in [4.78, 5) is 17.9. The molecule has 0 saturated carbocycles. The van der Waals surface area contributed by atoms with Crippen LogP contribution in [0.3, 0.4) is 0 Å². The minimum absolute atomic E-state index is 0.0550. The monoisotopic (exact) mass is 381 g/mol. The molecular formula is C20H19N3O3S. The van der Waals surface area contributed by atoms with Crippen LogP contribution in [-0.4, -0.2) is 30.1 Å². The summed E-state index contributed by atoms with van der Waals surface area (Å²) in [7, 11) is 1.43. The molecule has 138 valence electrons. The first-order valence-corrected chi connectivity index (χ1v) is 9.67. The van der Waals surface area contributed by atoms with Crippen LogP contribution in [0.2, 0.25) is 0 Å². The zero-order chi connectivity index (χ0) is 18.8. The van der Waals surface area contributed by atoms with Crippen molar-refractivity contribution in [3.8, 4) is 27.6 Å². The van der Waals surface area contributed by atoms with Crippen molar-refractivity contribution >= 4 is 22.7 Å². The molecule has 0 bridgehead atoms. The maximum atomic E-state index is 11.3. The third-order valence-electron chi connectivity index (χ3n) is 4.74. The quantitative estimate of drug-likeness (QED) is 0.460. The van der Waals surface area contributed by atoms with E-state index in [4.69, 9.17) is 9.72 Å². The molecule has 4 rings (SSSR count). The van der Waals surface area contributed by atoms with E-state index in [1.165, 1.54) is 31.7 Å². The predicted octanol–water partition coefficient (Wildman–Crippen LogP) is 4.99. The SMILES string of the molecule is COc1ccc(-c2csc(-c3cccc(N4CCCC4)c3)n2)cc1[N+](=O)[O-]. The molecule has 1 aliphatic heterocycles. The van der Waals surface area contributed by atoms with E-state index in [2.05, 4.69) is 29.2 Å². The van der Waals surface area contributed by atoms with Gasteiger partial charge in [-0.25, -0.2) is 4.98 Å². The van der Waals surface area contributed by atoms with Crippen LogP contribution in [0, 0.1) is 10.1 Å². The molecule has 27 heavy (non-hydrogen) atoms. The maximum absolute atomic E-state index is 11.3. The van der Waals surface area contributed by atoms with Crippen molar-refractivity contribution in [3.05, 3.63) is 58.0 Å². The highest BCUT2D eigenvalue weighted by Gasteiger charge is 2.18. The first kappa shape index (κ1) is 17.5. The fourth-order valence-corrected chi connectivity index (χ4v) is 4.17. The lowest BCUT2D eigenvalue weighted by atomic mass is 10.1. The number of nitro benzene ring substituents is 1. The molecule has 1 aromatic heterocycles. The molecule has 1 aliphatic rings. The van der Waals surface area contributed by atoms with Gasteiger partial charge in [0.15, 0.2) is 5.75 Å². The van der Waals surface area contributed by atoms with E-state index in [9.17, 15) is 10.1 Å². The molecule has 1 saturated heterocycles. The van der Waals surface area contributed by atoms with E-state index >= 15 is 0 Å². The summed E-state index contributed by atoms with van der Waals surface area (Å²) < 4.78 is 5.07. The Balaban J connectivity index is 1.65. The van der Waals surface area contributed by atoms with Gasteiger partial charge in [0.2, 0.25) is 0 Å². The summed E-state index contributed by atoms with van der Waals surface area (Å²) >= 11 is 1.54. The summed E-state index contributed by atoms with van der Waals surface area (Å²) in [6, 6.07) is 13.3. The van der Waals surface area contributed by atoms with E-state index < -0.39 is 4.92 Å². The number of thiazole rings is 1. The van der Waals surface area contributed by atoms with E-state index in [1.807, 2.05) is 5.38 Å². The van der Waals surface area contributed by atoms with Gasteiger partial charge in [0, 0.05) is 41.4 Å². The fraction of sp³-hybridized carbons (Fsp3) is 0.250. The second kappa shape index (κ2) is 7.36. The molecule has 2 heterocycles. The smallest absolute Gasteiger partial charge is 0.311 e. The van der Waals surface area contributed by atoms with E-state index in [-0.39, 0.29) is 11.4 Å². The van der Waals surface area contributed by atoms with E-state index in [1.54, 1.807) is 23.5 Å². The molecule has 0 radical (unpaired) electrons. The number of ether oxygens (including phenoxy) is 1. The van der Waals surface area contributed by atoms with Gasteiger partial charge < -0.3 is 9.64 Å². The highest BCUT2D eigenvalue weighted by atomic mass is 32.1. The third-order valence-corrected chi connectivity index (χ3v) is 5.63. The molecule has 6 nitrogen and oxygen atoms in total. The molecule has 7 heteroatoms. The van der Waals surface area contributed by atoms with Crippen LogP contribution in [0.25, 0.3) is 21.8 Å². The normalized spacial score (nSPS) is 13.7. The number of anilines is 1. The molecule has 0 unspecified atom stereocenters. The van der Waals surface area contributed by atoms with Gasteiger partial charge >= 0.3 is 5.69 Å². The maximum Gasteiger partial charge on any atom is 0.311 e.